The van der Waals surface area contributed by atoms with E-state index in [1.807, 2.05) is 30.3 Å². The molecule has 1 N–H and O–H groups in total. The molecule has 0 saturated carbocycles. The Labute approximate surface area is 176 Å². The number of benzene rings is 2. The van der Waals surface area contributed by atoms with Gasteiger partial charge in [-0.05, 0) is 42.7 Å². The quantitative estimate of drug-likeness (QED) is 0.745. The van der Waals surface area contributed by atoms with E-state index in [1.165, 1.54) is 16.8 Å². The summed E-state index contributed by atoms with van der Waals surface area (Å²) >= 11 is 6.00. The van der Waals surface area contributed by atoms with Crippen LogP contribution in [0.3, 0.4) is 0 Å². The average Bonchev–Trinajstić information content (AvgIpc) is 2.73. The zero-order valence-electron chi connectivity index (χ0n) is 16.0. The molecule has 2 aromatic rings. The summed E-state index contributed by atoms with van der Waals surface area (Å²) in [5.74, 6) is 0.0829. The highest BCUT2D eigenvalue weighted by Gasteiger charge is 2.30. The molecule has 1 aliphatic heterocycles. The van der Waals surface area contributed by atoms with Crippen LogP contribution in [-0.2, 0) is 14.8 Å². The van der Waals surface area contributed by atoms with Crippen molar-refractivity contribution in [3.63, 3.8) is 0 Å². The lowest BCUT2D eigenvalue weighted by atomic mass is 9.97. The Hall–Kier alpha value is -2.35. The highest BCUT2D eigenvalue weighted by Crippen LogP contribution is 2.29. The summed E-state index contributed by atoms with van der Waals surface area (Å²) in [6, 6.07) is 14.3. The normalized spacial score (nSPS) is 16.1. The van der Waals surface area contributed by atoms with Crippen molar-refractivity contribution >= 4 is 39.3 Å². The number of carbonyl (C=O) groups is 1. The van der Waals surface area contributed by atoms with Crippen LogP contribution in [-0.4, -0.2) is 38.8 Å². The fourth-order valence-corrected chi connectivity index (χ4v) is 4.59. The minimum absolute atomic E-state index is 0.164. The third-order valence-electron chi connectivity index (χ3n) is 4.84. The first-order valence-electron chi connectivity index (χ1n) is 9.27. The fourth-order valence-electron chi connectivity index (χ4n) is 3.20. The summed E-state index contributed by atoms with van der Waals surface area (Å²) in [7, 11) is -2.00. The Bertz CT molecular complexity index is 985. The maximum Gasteiger partial charge on any atom is 0.236 e. The molecule has 0 unspecified atom stereocenters. The number of amides is 1. The molecule has 29 heavy (non-hydrogen) atoms. The van der Waals surface area contributed by atoms with E-state index < -0.39 is 10.0 Å². The molecule has 2 aromatic carbocycles. The number of nitrogens with zero attached hydrogens (tertiary/aromatic N) is 1. The van der Waals surface area contributed by atoms with Crippen molar-refractivity contribution in [2.75, 3.05) is 25.5 Å². The zero-order chi connectivity index (χ0) is 20.9. The second-order valence-corrected chi connectivity index (χ2v) is 9.02. The second kappa shape index (κ2) is 9.43. The predicted octanol–water partition coefficient (Wildman–Crippen LogP) is 4.00. The summed E-state index contributed by atoms with van der Waals surface area (Å²) in [5.41, 5.74) is 1.33. The molecule has 0 radical (unpaired) electrons. The number of nitrogens with one attached hydrogen (secondary N) is 1. The summed E-state index contributed by atoms with van der Waals surface area (Å²) in [4.78, 5) is 12.6. The number of carbonyl (C=O) groups excluding carboxylic acids is 1. The maximum atomic E-state index is 12.6. The van der Waals surface area contributed by atoms with Crippen LogP contribution in [0.25, 0.3) is 6.08 Å². The second-order valence-electron chi connectivity index (χ2n) is 6.77. The zero-order valence-corrected chi connectivity index (χ0v) is 17.6. The lowest BCUT2D eigenvalue weighted by molar-refractivity contribution is -0.120. The van der Waals surface area contributed by atoms with Gasteiger partial charge in [0, 0.05) is 29.4 Å². The van der Waals surface area contributed by atoms with Gasteiger partial charge in [-0.15, -0.1) is 0 Å². The van der Waals surface area contributed by atoms with Gasteiger partial charge in [0.1, 0.15) is 5.75 Å². The van der Waals surface area contributed by atoms with Gasteiger partial charge < -0.3 is 10.1 Å². The molecule has 0 atom stereocenters. The third-order valence-corrected chi connectivity index (χ3v) is 6.64. The molecule has 3 rings (SSSR count). The summed E-state index contributed by atoms with van der Waals surface area (Å²) in [6.07, 6.45) is 2.49. The molecular formula is C21H23ClN2O4S. The lowest BCUT2D eigenvalue weighted by Gasteiger charge is -2.29. The van der Waals surface area contributed by atoms with E-state index in [0.717, 1.165) is 5.56 Å². The van der Waals surface area contributed by atoms with Gasteiger partial charge in [0.05, 0.1) is 12.8 Å². The molecule has 1 aliphatic rings. The van der Waals surface area contributed by atoms with Gasteiger partial charge >= 0.3 is 0 Å². The van der Waals surface area contributed by atoms with Crippen molar-refractivity contribution in [1.29, 1.82) is 0 Å². The number of hydrogen-bond acceptors (Lipinski definition) is 4. The molecular weight excluding hydrogens is 412 g/mol. The Morgan fingerprint density at radius 1 is 1.17 bits per heavy atom. The predicted molar refractivity (Wildman–Crippen MR) is 115 cm³/mol. The van der Waals surface area contributed by atoms with Crippen molar-refractivity contribution in [3.8, 4) is 5.75 Å². The SMILES string of the molecule is COc1ccc(Cl)cc1NC(=O)C1CCN(S(=O)(=O)C=Cc2ccccc2)CC1. The average molecular weight is 435 g/mol. The van der Waals surface area contributed by atoms with Crippen LogP contribution in [0.5, 0.6) is 5.75 Å². The molecule has 1 heterocycles. The molecule has 0 spiro atoms. The summed E-state index contributed by atoms with van der Waals surface area (Å²) < 4.78 is 31.8. The first-order valence-corrected chi connectivity index (χ1v) is 11.1. The highest BCUT2D eigenvalue weighted by atomic mass is 35.5. The molecule has 6 nitrogen and oxygen atoms in total. The minimum atomic E-state index is -3.52. The number of halogens is 1. The van der Waals surface area contributed by atoms with E-state index in [0.29, 0.717) is 42.4 Å². The molecule has 1 saturated heterocycles. The van der Waals surface area contributed by atoms with Gasteiger partial charge in [0.25, 0.3) is 0 Å². The van der Waals surface area contributed by atoms with Crippen LogP contribution in [0.15, 0.2) is 53.9 Å². The van der Waals surface area contributed by atoms with Gasteiger partial charge in [0.15, 0.2) is 0 Å². The first-order chi connectivity index (χ1) is 13.9. The van der Waals surface area contributed by atoms with Crippen molar-refractivity contribution in [1.82, 2.24) is 4.31 Å². The lowest BCUT2D eigenvalue weighted by Crippen LogP contribution is -2.40. The number of methoxy groups -OCH3 is 1. The molecule has 1 fully saturated rings. The van der Waals surface area contributed by atoms with Gasteiger partial charge in [-0.25, -0.2) is 8.42 Å². The Kier molecular flexibility index (Phi) is 6.95. The fraction of sp³-hybridized carbons (Fsp3) is 0.286. The number of ether oxygens (including phenoxy) is 1. The van der Waals surface area contributed by atoms with E-state index in [1.54, 1.807) is 24.3 Å². The first kappa shape index (κ1) is 21.4. The Balaban J connectivity index is 1.59. The Morgan fingerprint density at radius 2 is 1.86 bits per heavy atom. The number of sulfonamides is 1. The van der Waals surface area contributed by atoms with Gasteiger partial charge in [-0.1, -0.05) is 41.9 Å². The standard InChI is InChI=1S/C21H23ClN2O4S/c1-28-20-8-7-18(22)15-19(20)23-21(25)17-9-12-24(13-10-17)29(26,27)14-11-16-5-3-2-4-6-16/h2-8,11,14-15,17H,9-10,12-13H2,1H3,(H,23,25). The van der Waals surface area contributed by atoms with Crippen molar-refractivity contribution in [3.05, 3.63) is 64.5 Å². The monoisotopic (exact) mass is 434 g/mol. The highest BCUT2D eigenvalue weighted by molar-refractivity contribution is 7.92. The van der Waals surface area contributed by atoms with Crippen LogP contribution in [0, 0.1) is 5.92 Å². The molecule has 0 bridgehead atoms. The van der Waals surface area contributed by atoms with Gasteiger partial charge in [-0.3, -0.25) is 4.79 Å². The molecule has 154 valence electrons. The van der Waals surface area contributed by atoms with Crippen LogP contribution >= 0.6 is 11.6 Å². The van der Waals surface area contributed by atoms with Gasteiger partial charge in [-0.2, -0.15) is 4.31 Å². The van der Waals surface area contributed by atoms with Crippen molar-refractivity contribution in [2.45, 2.75) is 12.8 Å². The maximum absolute atomic E-state index is 12.6. The largest absolute Gasteiger partial charge is 0.495 e. The number of piperidine rings is 1. The minimum Gasteiger partial charge on any atom is -0.495 e. The Morgan fingerprint density at radius 3 is 2.52 bits per heavy atom. The van der Waals surface area contributed by atoms with Crippen LogP contribution in [0.2, 0.25) is 5.02 Å². The van der Waals surface area contributed by atoms with E-state index in [4.69, 9.17) is 16.3 Å². The number of anilines is 1. The summed E-state index contributed by atoms with van der Waals surface area (Å²) in [5, 5.41) is 4.56. The number of hydrogen-bond donors (Lipinski definition) is 1. The van der Waals surface area contributed by atoms with E-state index in [-0.39, 0.29) is 11.8 Å². The van der Waals surface area contributed by atoms with E-state index in [2.05, 4.69) is 5.32 Å². The molecule has 0 aliphatic carbocycles. The molecule has 8 heteroatoms. The molecule has 1 amide bonds. The third kappa shape index (κ3) is 5.59. The van der Waals surface area contributed by atoms with Crippen LogP contribution in [0.4, 0.5) is 5.69 Å². The van der Waals surface area contributed by atoms with Crippen molar-refractivity contribution in [2.24, 2.45) is 5.92 Å². The number of rotatable bonds is 6. The van der Waals surface area contributed by atoms with Crippen LogP contribution < -0.4 is 10.1 Å². The molecule has 0 aromatic heterocycles. The van der Waals surface area contributed by atoms with Crippen molar-refractivity contribution < 1.29 is 17.9 Å². The summed E-state index contributed by atoms with van der Waals surface area (Å²) in [6.45, 7) is 0.596. The van der Waals surface area contributed by atoms with Gasteiger partial charge in [0.2, 0.25) is 15.9 Å². The van der Waals surface area contributed by atoms with E-state index >= 15 is 0 Å². The van der Waals surface area contributed by atoms with E-state index in [9.17, 15) is 13.2 Å². The topological polar surface area (TPSA) is 75.7 Å². The smallest absolute Gasteiger partial charge is 0.236 e. The van der Waals surface area contributed by atoms with Crippen LogP contribution in [0.1, 0.15) is 18.4 Å².